The molecule has 0 spiro atoms. The zero-order valence-electron chi connectivity index (χ0n) is 13.4. The van der Waals surface area contributed by atoms with Gasteiger partial charge in [-0.25, -0.2) is 9.78 Å². The Morgan fingerprint density at radius 3 is 2.96 bits per heavy atom. The summed E-state index contributed by atoms with van der Waals surface area (Å²) in [6, 6.07) is 10.6. The summed E-state index contributed by atoms with van der Waals surface area (Å²) < 4.78 is 11.1. The number of pyridine rings is 1. The van der Waals surface area contributed by atoms with Gasteiger partial charge in [0.05, 0.1) is 12.2 Å². The molecule has 0 N–H and O–H groups in total. The fourth-order valence-corrected chi connectivity index (χ4v) is 3.12. The lowest BCUT2D eigenvalue weighted by Crippen LogP contribution is -2.45. The average Bonchev–Trinajstić information content (AvgIpc) is 3.02. The van der Waals surface area contributed by atoms with Crippen LogP contribution in [0.4, 0.5) is 10.5 Å². The van der Waals surface area contributed by atoms with Gasteiger partial charge in [0, 0.05) is 16.7 Å². The van der Waals surface area contributed by atoms with Crippen molar-refractivity contribution in [2.75, 3.05) is 18.1 Å². The molecule has 1 fully saturated rings. The first-order valence-corrected chi connectivity index (χ1v) is 7.85. The number of carbonyl (C=O) groups is 1. The number of cyclic esters (lactones) is 1. The zero-order valence-corrected chi connectivity index (χ0v) is 13.4. The van der Waals surface area contributed by atoms with Crippen LogP contribution in [0.5, 0.6) is 5.75 Å². The number of aromatic nitrogens is 1. The SMILES string of the molecule is N#Cc1ccc(-c2ccc3c(c2)OC[C@H]2[C@H](CN=[N+]=[N-])OC(=O)N32)cn1. The molecule has 2 aromatic rings. The number of amides is 1. The highest BCUT2D eigenvalue weighted by molar-refractivity contribution is 5.94. The second kappa shape index (κ2) is 6.27. The van der Waals surface area contributed by atoms with E-state index in [4.69, 9.17) is 20.3 Å². The van der Waals surface area contributed by atoms with Gasteiger partial charge in [0.15, 0.2) is 0 Å². The number of fused-ring (bicyclic) bond motifs is 3. The highest BCUT2D eigenvalue weighted by Gasteiger charge is 2.46. The van der Waals surface area contributed by atoms with Crippen molar-refractivity contribution in [1.29, 1.82) is 5.26 Å². The van der Waals surface area contributed by atoms with E-state index in [2.05, 4.69) is 15.0 Å². The quantitative estimate of drug-likeness (QED) is 0.479. The predicted octanol–water partition coefficient (Wildman–Crippen LogP) is 3.02. The third-order valence-corrected chi connectivity index (χ3v) is 4.37. The van der Waals surface area contributed by atoms with Crippen LogP contribution in [0.15, 0.2) is 41.6 Å². The lowest BCUT2D eigenvalue weighted by Gasteiger charge is -2.31. The second-order valence-corrected chi connectivity index (χ2v) is 5.81. The van der Waals surface area contributed by atoms with E-state index in [1.807, 2.05) is 18.2 Å². The second-order valence-electron chi connectivity index (χ2n) is 5.81. The maximum Gasteiger partial charge on any atom is 0.415 e. The first kappa shape index (κ1) is 15.7. The summed E-state index contributed by atoms with van der Waals surface area (Å²) in [7, 11) is 0. The average molecular weight is 348 g/mol. The smallest absolute Gasteiger partial charge is 0.415 e. The molecule has 3 heterocycles. The van der Waals surface area contributed by atoms with Crippen LogP contribution in [0.1, 0.15) is 5.69 Å². The highest BCUT2D eigenvalue weighted by atomic mass is 16.6. The molecule has 4 rings (SSSR count). The van der Waals surface area contributed by atoms with Crippen molar-refractivity contribution in [1.82, 2.24) is 4.98 Å². The van der Waals surface area contributed by atoms with Crippen LogP contribution in [0.2, 0.25) is 0 Å². The molecule has 1 amide bonds. The van der Waals surface area contributed by atoms with E-state index in [-0.39, 0.29) is 19.2 Å². The number of rotatable bonds is 3. The van der Waals surface area contributed by atoms with Gasteiger partial charge in [-0.2, -0.15) is 5.26 Å². The van der Waals surface area contributed by atoms with Gasteiger partial charge in [0.25, 0.3) is 0 Å². The van der Waals surface area contributed by atoms with Crippen molar-refractivity contribution >= 4 is 11.8 Å². The van der Waals surface area contributed by atoms with E-state index >= 15 is 0 Å². The molecule has 1 aromatic heterocycles. The fourth-order valence-electron chi connectivity index (χ4n) is 3.12. The Morgan fingerprint density at radius 1 is 1.38 bits per heavy atom. The van der Waals surface area contributed by atoms with Crippen LogP contribution in [0.25, 0.3) is 21.6 Å². The molecule has 0 radical (unpaired) electrons. The summed E-state index contributed by atoms with van der Waals surface area (Å²) in [6.07, 6.45) is 0.603. The monoisotopic (exact) mass is 348 g/mol. The molecule has 9 nitrogen and oxygen atoms in total. The van der Waals surface area contributed by atoms with Crippen LogP contribution >= 0.6 is 0 Å². The summed E-state index contributed by atoms with van der Waals surface area (Å²) in [5.74, 6) is 0.560. The summed E-state index contributed by atoms with van der Waals surface area (Å²) in [5, 5.41) is 12.3. The molecule has 2 aliphatic heterocycles. The van der Waals surface area contributed by atoms with E-state index < -0.39 is 12.2 Å². The van der Waals surface area contributed by atoms with Crippen molar-refractivity contribution < 1.29 is 14.3 Å². The van der Waals surface area contributed by atoms with Crippen molar-refractivity contribution in [3.8, 4) is 22.9 Å². The van der Waals surface area contributed by atoms with Crippen LogP contribution < -0.4 is 9.64 Å². The number of ether oxygens (including phenoxy) is 2. The topological polar surface area (TPSA) is 124 Å². The molecule has 1 saturated heterocycles. The Labute approximate surface area is 148 Å². The van der Waals surface area contributed by atoms with Crippen molar-refractivity contribution in [2.45, 2.75) is 12.1 Å². The van der Waals surface area contributed by atoms with E-state index in [0.717, 1.165) is 11.1 Å². The van der Waals surface area contributed by atoms with Gasteiger partial charge >= 0.3 is 6.09 Å². The molecule has 0 aliphatic carbocycles. The molecular formula is C17H12N6O3. The standard InChI is InChI=1S/C17H12N6O3/c18-6-12-3-1-11(7-20-12)10-2-4-13-15(5-10)25-9-14-16(8-21-22-19)26-17(24)23(13)14/h1-5,7,14,16H,8-9H2/t14-,16-/m0/s1. The van der Waals surface area contributed by atoms with Crippen molar-refractivity contribution in [3.63, 3.8) is 0 Å². The number of hydrogen-bond acceptors (Lipinski definition) is 6. The molecule has 9 heteroatoms. The van der Waals surface area contributed by atoms with Crippen molar-refractivity contribution in [3.05, 3.63) is 52.7 Å². The molecule has 1 aromatic carbocycles. The van der Waals surface area contributed by atoms with Gasteiger partial charge in [-0.05, 0) is 35.4 Å². The molecule has 2 atom stereocenters. The molecule has 0 bridgehead atoms. The molecule has 2 aliphatic rings. The minimum absolute atomic E-state index is 0.0666. The Bertz CT molecular complexity index is 961. The Balaban J connectivity index is 1.65. The van der Waals surface area contributed by atoms with Gasteiger partial charge in [-0.1, -0.05) is 11.2 Å². The molecule has 128 valence electrons. The van der Waals surface area contributed by atoms with Crippen LogP contribution in [0.3, 0.4) is 0 Å². The lowest BCUT2D eigenvalue weighted by atomic mass is 10.0. The summed E-state index contributed by atoms with van der Waals surface area (Å²) in [4.78, 5) is 20.6. The highest BCUT2D eigenvalue weighted by Crippen LogP contribution is 2.41. The van der Waals surface area contributed by atoms with Gasteiger partial charge in [-0.15, -0.1) is 0 Å². The predicted molar refractivity (Wildman–Crippen MR) is 90.4 cm³/mol. The molecule has 0 saturated carbocycles. The lowest BCUT2D eigenvalue weighted by molar-refractivity contribution is 0.126. The maximum atomic E-state index is 12.2. The van der Waals surface area contributed by atoms with Gasteiger partial charge < -0.3 is 9.47 Å². The van der Waals surface area contributed by atoms with Crippen LogP contribution in [-0.2, 0) is 4.74 Å². The number of anilines is 1. The minimum atomic E-state index is -0.533. The number of benzene rings is 1. The van der Waals surface area contributed by atoms with E-state index in [9.17, 15) is 4.79 Å². The molecule has 26 heavy (non-hydrogen) atoms. The van der Waals surface area contributed by atoms with Gasteiger partial charge in [0.2, 0.25) is 0 Å². The zero-order chi connectivity index (χ0) is 18.1. The maximum absolute atomic E-state index is 12.2. The van der Waals surface area contributed by atoms with Crippen LogP contribution in [0, 0.1) is 11.3 Å². The number of hydrogen-bond donors (Lipinski definition) is 0. The Hall–Kier alpha value is -3.76. The molecular weight excluding hydrogens is 336 g/mol. The summed E-state index contributed by atoms with van der Waals surface area (Å²) >= 11 is 0. The van der Waals surface area contributed by atoms with E-state index in [0.29, 0.717) is 17.1 Å². The summed E-state index contributed by atoms with van der Waals surface area (Å²) in [6.45, 7) is 0.316. The van der Waals surface area contributed by atoms with Gasteiger partial charge in [0.1, 0.15) is 36.3 Å². The number of nitrogens with zero attached hydrogens (tertiary/aromatic N) is 6. The Kier molecular flexibility index (Phi) is 3.80. The minimum Gasteiger partial charge on any atom is -0.489 e. The van der Waals surface area contributed by atoms with Gasteiger partial charge in [-0.3, -0.25) is 4.90 Å². The fraction of sp³-hybridized carbons (Fsp3) is 0.235. The molecule has 0 unspecified atom stereocenters. The first-order chi connectivity index (χ1) is 12.7. The third kappa shape index (κ3) is 2.55. The number of carbonyl (C=O) groups excluding carboxylic acids is 1. The largest absolute Gasteiger partial charge is 0.489 e. The number of azide groups is 1. The normalized spacial score (nSPS) is 20.1. The van der Waals surface area contributed by atoms with E-state index in [1.165, 1.54) is 4.90 Å². The number of nitriles is 1. The van der Waals surface area contributed by atoms with Crippen molar-refractivity contribution in [2.24, 2.45) is 5.11 Å². The first-order valence-electron chi connectivity index (χ1n) is 7.85. The van der Waals surface area contributed by atoms with E-state index in [1.54, 1.807) is 24.4 Å². The third-order valence-electron chi connectivity index (χ3n) is 4.37. The summed E-state index contributed by atoms with van der Waals surface area (Å²) in [5.41, 5.74) is 11.1. The Morgan fingerprint density at radius 2 is 2.23 bits per heavy atom. The van der Waals surface area contributed by atoms with Crippen LogP contribution in [-0.4, -0.2) is 36.4 Å².